The lowest BCUT2D eigenvalue weighted by atomic mass is 9.97. The van der Waals surface area contributed by atoms with Crippen LogP contribution in [-0.2, 0) is 4.79 Å². The summed E-state index contributed by atoms with van der Waals surface area (Å²) in [4.78, 5) is 21.2. The van der Waals surface area contributed by atoms with Gasteiger partial charge in [-0.2, -0.15) is 0 Å². The van der Waals surface area contributed by atoms with Crippen molar-refractivity contribution >= 4 is 11.9 Å². The highest BCUT2D eigenvalue weighted by molar-refractivity contribution is 5.89. The molecule has 1 aromatic carbocycles. The van der Waals surface area contributed by atoms with Crippen LogP contribution in [0.15, 0.2) is 18.2 Å². The minimum absolute atomic E-state index is 0.365. The molecule has 0 aliphatic carbocycles. The molecule has 0 aromatic heterocycles. The second-order valence-corrected chi connectivity index (χ2v) is 3.65. The molecule has 0 radical (unpaired) electrons. The first-order valence-corrected chi connectivity index (χ1v) is 4.93. The number of hydrogen-bond donors (Lipinski definition) is 4. The van der Waals surface area contributed by atoms with Crippen molar-refractivity contribution in [3.63, 3.8) is 0 Å². The third-order valence-corrected chi connectivity index (χ3v) is 2.31. The van der Waals surface area contributed by atoms with Crippen molar-refractivity contribution in [2.24, 2.45) is 0 Å². The highest BCUT2D eigenvalue weighted by Gasteiger charge is 2.25. The number of aliphatic hydroxyl groups is 2. The lowest BCUT2D eigenvalue weighted by Gasteiger charge is -2.18. The van der Waals surface area contributed by atoms with Crippen LogP contribution in [0.4, 0.5) is 4.39 Å². The molecule has 4 N–H and O–H groups in total. The molecule has 98 valence electrons. The topological polar surface area (TPSA) is 115 Å². The number of carboxylic acids is 2. The average Bonchev–Trinajstić information content (AvgIpc) is 2.26. The molecule has 7 heteroatoms. The van der Waals surface area contributed by atoms with Gasteiger partial charge in [0.05, 0.1) is 18.1 Å². The average molecular weight is 258 g/mol. The first kappa shape index (κ1) is 14.1. The summed E-state index contributed by atoms with van der Waals surface area (Å²) in [7, 11) is 0. The molecule has 2 unspecified atom stereocenters. The van der Waals surface area contributed by atoms with Crippen LogP contribution in [0.1, 0.15) is 28.4 Å². The maximum absolute atomic E-state index is 13.0. The van der Waals surface area contributed by atoms with E-state index in [-0.39, 0.29) is 5.56 Å². The fourth-order valence-corrected chi connectivity index (χ4v) is 1.47. The van der Waals surface area contributed by atoms with Gasteiger partial charge in [0.1, 0.15) is 11.9 Å². The summed E-state index contributed by atoms with van der Waals surface area (Å²) in [5.74, 6) is -3.57. The summed E-state index contributed by atoms with van der Waals surface area (Å²) in [5.41, 5.74) is -0.760. The van der Waals surface area contributed by atoms with E-state index in [1.807, 2.05) is 0 Å². The molecule has 0 spiro atoms. The van der Waals surface area contributed by atoms with Gasteiger partial charge in [0.25, 0.3) is 0 Å². The summed E-state index contributed by atoms with van der Waals surface area (Å²) < 4.78 is 13.0. The molecule has 0 aliphatic rings. The standard InChI is InChI=1S/C11H11FO6/c12-5-1-2-6(11(17)18)7(3-5)10(16)8(13)4-9(14)15/h1-3,8,10,13,16H,4H2,(H,14,15)(H,17,18). The molecular weight excluding hydrogens is 247 g/mol. The molecular formula is C11H11FO6. The number of halogens is 1. The Bertz CT molecular complexity index is 473. The smallest absolute Gasteiger partial charge is 0.336 e. The van der Waals surface area contributed by atoms with E-state index in [0.29, 0.717) is 0 Å². The Morgan fingerprint density at radius 3 is 2.33 bits per heavy atom. The van der Waals surface area contributed by atoms with Gasteiger partial charge in [-0.05, 0) is 18.2 Å². The molecule has 1 rings (SSSR count). The van der Waals surface area contributed by atoms with Crippen LogP contribution in [0.2, 0.25) is 0 Å². The van der Waals surface area contributed by atoms with Gasteiger partial charge in [0.2, 0.25) is 0 Å². The van der Waals surface area contributed by atoms with E-state index < -0.39 is 41.9 Å². The fraction of sp³-hybridized carbons (Fsp3) is 0.273. The van der Waals surface area contributed by atoms with E-state index in [2.05, 4.69) is 0 Å². The normalized spacial score (nSPS) is 13.9. The molecule has 1 aromatic rings. The van der Waals surface area contributed by atoms with E-state index in [4.69, 9.17) is 10.2 Å². The molecule has 0 bridgehead atoms. The molecule has 0 saturated heterocycles. The summed E-state index contributed by atoms with van der Waals surface area (Å²) >= 11 is 0. The van der Waals surface area contributed by atoms with E-state index in [0.717, 1.165) is 18.2 Å². The largest absolute Gasteiger partial charge is 0.481 e. The van der Waals surface area contributed by atoms with Gasteiger partial charge in [-0.25, -0.2) is 9.18 Å². The van der Waals surface area contributed by atoms with Crippen LogP contribution < -0.4 is 0 Å². The van der Waals surface area contributed by atoms with Crippen molar-refractivity contribution in [1.82, 2.24) is 0 Å². The first-order chi connectivity index (χ1) is 8.32. The molecule has 0 heterocycles. The highest BCUT2D eigenvalue weighted by Crippen LogP contribution is 2.24. The van der Waals surface area contributed by atoms with Gasteiger partial charge in [0.15, 0.2) is 0 Å². The van der Waals surface area contributed by atoms with Crippen LogP contribution in [0, 0.1) is 5.82 Å². The summed E-state index contributed by atoms with van der Waals surface area (Å²) in [6.45, 7) is 0. The van der Waals surface area contributed by atoms with Gasteiger partial charge >= 0.3 is 11.9 Å². The van der Waals surface area contributed by atoms with Crippen LogP contribution in [-0.4, -0.2) is 38.5 Å². The third kappa shape index (κ3) is 3.25. The SMILES string of the molecule is O=C(O)CC(O)C(O)c1cc(F)ccc1C(=O)O. The Hall–Kier alpha value is -1.99. The predicted octanol–water partition coefficient (Wildman–Crippen LogP) is 0.393. The Morgan fingerprint density at radius 1 is 1.22 bits per heavy atom. The van der Waals surface area contributed by atoms with E-state index in [1.165, 1.54) is 0 Å². The minimum atomic E-state index is -1.79. The Kier molecular flexibility index (Phi) is 4.35. The molecule has 0 aliphatic heterocycles. The van der Waals surface area contributed by atoms with Crippen LogP contribution in [0.3, 0.4) is 0 Å². The van der Waals surface area contributed by atoms with Crippen molar-refractivity contribution in [1.29, 1.82) is 0 Å². The van der Waals surface area contributed by atoms with Crippen LogP contribution in [0.5, 0.6) is 0 Å². The molecule has 0 fully saturated rings. The number of hydrogen-bond acceptors (Lipinski definition) is 4. The first-order valence-electron chi connectivity index (χ1n) is 4.93. The zero-order valence-corrected chi connectivity index (χ0v) is 9.08. The third-order valence-electron chi connectivity index (χ3n) is 2.31. The summed E-state index contributed by atoms with van der Waals surface area (Å²) in [5, 5.41) is 36.3. The van der Waals surface area contributed by atoms with E-state index in [1.54, 1.807) is 0 Å². The highest BCUT2D eigenvalue weighted by atomic mass is 19.1. The number of rotatable bonds is 5. The number of benzene rings is 1. The van der Waals surface area contributed by atoms with Crippen LogP contribution >= 0.6 is 0 Å². The summed E-state index contributed by atoms with van der Waals surface area (Å²) in [6, 6.07) is 2.58. The maximum atomic E-state index is 13.0. The van der Waals surface area contributed by atoms with Crippen molar-refractivity contribution in [3.05, 3.63) is 35.1 Å². The van der Waals surface area contributed by atoms with Gasteiger partial charge in [-0.3, -0.25) is 4.79 Å². The monoisotopic (exact) mass is 258 g/mol. The summed E-state index contributed by atoms with van der Waals surface area (Å²) in [6.07, 6.45) is -4.29. The lowest BCUT2D eigenvalue weighted by molar-refractivity contribution is -0.141. The molecule has 2 atom stereocenters. The Morgan fingerprint density at radius 2 is 1.83 bits per heavy atom. The predicted molar refractivity (Wildman–Crippen MR) is 56.6 cm³/mol. The molecule has 18 heavy (non-hydrogen) atoms. The number of aliphatic hydroxyl groups excluding tert-OH is 2. The van der Waals surface area contributed by atoms with Gasteiger partial charge in [-0.1, -0.05) is 0 Å². The fourth-order valence-electron chi connectivity index (χ4n) is 1.47. The Balaban J connectivity index is 3.10. The second kappa shape index (κ2) is 5.56. The van der Waals surface area contributed by atoms with Crippen molar-refractivity contribution < 1.29 is 34.4 Å². The number of aliphatic carboxylic acids is 1. The maximum Gasteiger partial charge on any atom is 0.336 e. The zero-order valence-electron chi connectivity index (χ0n) is 9.08. The van der Waals surface area contributed by atoms with E-state index >= 15 is 0 Å². The van der Waals surface area contributed by atoms with Gasteiger partial charge in [0, 0.05) is 5.56 Å². The molecule has 0 saturated carbocycles. The van der Waals surface area contributed by atoms with Crippen molar-refractivity contribution in [3.8, 4) is 0 Å². The van der Waals surface area contributed by atoms with E-state index in [9.17, 15) is 24.2 Å². The zero-order chi connectivity index (χ0) is 13.9. The lowest BCUT2D eigenvalue weighted by Crippen LogP contribution is -2.23. The number of aromatic carboxylic acids is 1. The Labute approximate surface area is 101 Å². The van der Waals surface area contributed by atoms with Crippen molar-refractivity contribution in [2.45, 2.75) is 18.6 Å². The number of carbonyl (C=O) groups is 2. The van der Waals surface area contributed by atoms with Gasteiger partial charge in [-0.15, -0.1) is 0 Å². The number of carboxylic acid groups (broad SMARTS) is 2. The minimum Gasteiger partial charge on any atom is -0.481 e. The van der Waals surface area contributed by atoms with Gasteiger partial charge < -0.3 is 20.4 Å². The van der Waals surface area contributed by atoms with Crippen molar-refractivity contribution in [2.75, 3.05) is 0 Å². The molecule has 0 amide bonds. The van der Waals surface area contributed by atoms with Crippen LogP contribution in [0.25, 0.3) is 0 Å². The molecule has 6 nitrogen and oxygen atoms in total. The quantitative estimate of drug-likeness (QED) is 0.607. The second-order valence-electron chi connectivity index (χ2n) is 3.65.